The van der Waals surface area contributed by atoms with Gasteiger partial charge in [-0.25, -0.2) is 18.5 Å². The number of halogens is 2. The summed E-state index contributed by atoms with van der Waals surface area (Å²) in [5.74, 6) is -2.03. The van der Waals surface area contributed by atoms with E-state index in [4.69, 9.17) is 0 Å². The lowest BCUT2D eigenvalue weighted by Gasteiger charge is -2.13. The molecule has 2 amide bonds. The number of nitrogens with zero attached hydrogens (tertiary/aromatic N) is 1. The lowest BCUT2D eigenvalue weighted by molar-refractivity contribution is 0.168. The Morgan fingerprint density at radius 3 is 2.75 bits per heavy atom. The molecule has 16 heavy (non-hydrogen) atoms. The molecule has 83 valence electrons. The van der Waals surface area contributed by atoms with Gasteiger partial charge in [0.25, 0.3) is 0 Å². The first-order valence-corrected chi connectivity index (χ1v) is 4.42. The van der Waals surface area contributed by atoms with Crippen molar-refractivity contribution in [3.8, 4) is 0 Å². The molecule has 4 nitrogen and oxygen atoms in total. The van der Waals surface area contributed by atoms with Crippen LogP contribution in [0.2, 0.25) is 0 Å². The first-order valence-electron chi connectivity index (χ1n) is 4.42. The van der Waals surface area contributed by atoms with Crippen LogP contribution in [-0.4, -0.2) is 24.0 Å². The predicted octanol–water partition coefficient (Wildman–Crippen LogP) is 1.53. The molecule has 1 saturated heterocycles. The van der Waals surface area contributed by atoms with Gasteiger partial charge >= 0.3 is 12.5 Å². The van der Waals surface area contributed by atoms with E-state index in [2.05, 4.69) is 4.74 Å². The van der Waals surface area contributed by atoms with Crippen LogP contribution >= 0.6 is 0 Å². The number of amides is 2. The largest absolute Gasteiger partial charge is 0.446 e. The maximum Gasteiger partial charge on any atom is 0.417 e. The highest BCUT2D eigenvalue weighted by molar-refractivity contribution is 5.83. The van der Waals surface area contributed by atoms with Crippen LogP contribution in [0.25, 0.3) is 0 Å². The van der Waals surface area contributed by atoms with Crippen LogP contribution in [0.4, 0.5) is 13.6 Å². The van der Waals surface area contributed by atoms with Gasteiger partial charge in [0.15, 0.2) is 11.6 Å². The molecule has 0 spiro atoms. The fraction of sp³-hybridized carbons (Fsp3) is 0.200. The number of cyclic esters (lactones) is 1. The Hall–Kier alpha value is -1.98. The van der Waals surface area contributed by atoms with E-state index in [-0.39, 0.29) is 12.2 Å². The third-order valence-electron chi connectivity index (χ3n) is 2.30. The van der Waals surface area contributed by atoms with Gasteiger partial charge < -0.3 is 4.74 Å². The van der Waals surface area contributed by atoms with Crippen LogP contribution in [0.15, 0.2) is 18.2 Å². The van der Waals surface area contributed by atoms with E-state index in [1.54, 1.807) is 0 Å². The number of ether oxygens (including phenoxy) is 1. The maximum atomic E-state index is 12.9. The Bertz CT molecular complexity index is 450. The first kappa shape index (κ1) is 10.5. The highest BCUT2D eigenvalue weighted by Gasteiger charge is 2.35. The quantitative estimate of drug-likeness (QED) is 0.768. The number of imide groups is 1. The van der Waals surface area contributed by atoms with Crippen LogP contribution in [0.3, 0.4) is 0 Å². The van der Waals surface area contributed by atoms with Crippen molar-refractivity contribution in [3.05, 3.63) is 35.4 Å². The lowest BCUT2D eigenvalue weighted by atomic mass is 10.1. The number of hydrogen-bond donors (Lipinski definition) is 0. The van der Waals surface area contributed by atoms with Crippen LogP contribution in [0, 0.1) is 11.6 Å². The summed E-state index contributed by atoms with van der Waals surface area (Å²) in [5, 5.41) is 0. The molecule has 0 bridgehead atoms. The molecule has 1 aliphatic heterocycles. The highest BCUT2D eigenvalue weighted by atomic mass is 19.2. The molecule has 0 aliphatic carbocycles. The molecule has 1 aliphatic rings. The average molecular weight is 226 g/mol. The molecule has 1 unspecified atom stereocenters. The molecule has 1 heterocycles. The monoisotopic (exact) mass is 226 g/mol. The second kappa shape index (κ2) is 3.88. The fourth-order valence-corrected chi connectivity index (χ4v) is 1.49. The number of carbonyl (C=O) groups excluding carboxylic acids is 2. The van der Waals surface area contributed by atoms with Crippen LogP contribution < -0.4 is 0 Å². The van der Waals surface area contributed by atoms with Gasteiger partial charge in [-0.2, -0.15) is 0 Å². The van der Waals surface area contributed by atoms with Crippen molar-refractivity contribution in [2.75, 3.05) is 6.61 Å². The molecule has 1 atom stereocenters. The normalized spacial score (nSPS) is 19.8. The van der Waals surface area contributed by atoms with Crippen molar-refractivity contribution in [1.82, 2.24) is 4.90 Å². The van der Waals surface area contributed by atoms with E-state index in [0.29, 0.717) is 4.90 Å². The summed E-state index contributed by atoms with van der Waals surface area (Å²) < 4.78 is 30.2. The Kier molecular flexibility index (Phi) is 2.55. The summed E-state index contributed by atoms with van der Waals surface area (Å²) in [6, 6.07) is 2.39. The third kappa shape index (κ3) is 1.62. The summed E-state index contributed by atoms with van der Waals surface area (Å²) in [6.45, 7) is -0.0842. The third-order valence-corrected chi connectivity index (χ3v) is 2.30. The summed E-state index contributed by atoms with van der Waals surface area (Å²) >= 11 is 0. The van der Waals surface area contributed by atoms with Crippen molar-refractivity contribution >= 4 is 12.5 Å². The van der Waals surface area contributed by atoms with E-state index in [1.807, 2.05) is 0 Å². The minimum absolute atomic E-state index is 0.0842. The van der Waals surface area contributed by atoms with Gasteiger partial charge in [-0.15, -0.1) is 0 Å². The number of benzene rings is 1. The fourth-order valence-electron chi connectivity index (χ4n) is 1.49. The van der Waals surface area contributed by atoms with Crippen molar-refractivity contribution in [2.24, 2.45) is 0 Å². The van der Waals surface area contributed by atoms with Gasteiger partial charge in [-0.05, 0) is 17.7 Å². The smallest absolute Gasteiger partial charge is 0.417 e. The van der Waals surface area contributed by atoms with Gasteiger partial charge in [-0.3, -0.25) is 4.79 Å². The van der Waals surface area contributed by atoms with Crippen molar-refractivity contribution in [3.63, 3.8) is 0 Å². The van der Waals surface area contributed by atoms with Gasteiger partial charge in [-0.1, -0.05) is 6.07 Å². The first-order chi connectivity index (χ1) is 7.63. The standard InChI is InChI=1S/C10H6F2NO3/c11-7-2-1-6(3-8(7)12)9-4-16-10(15)13(9)5-14/h1-3,9H,4H2. The second-order valence-corrected chi connectivity index (χ2v) is 3.23. The number of hydrogen-bond acceptors (Lipinski definition) is 3. The Morgan fingerprint density at radius 2 is 2.12 bits per heavy atom. The zero-order valence-electron chi connectivity index (χ0n) is 7.94. The van der Waals surface area contributed by atoms with Gasteiger partial charge in [0.1, 0.15) is 12.6 Å². The molecule has 0 aromatic heterocycles. The van der Waals surface area contributed by atoms with Gasteiger partial charge in [0, 0.05) is 0 Å². The summed E-state index contributed by atoms with van der Waals surface area (Å²) in [6.07, 6.45) is 0.546. The summed E-state index contributed by atoms with van der Waals surface area (Å²) in [7, 11) is 0. The molecular weight excluding hydrogens is 220 g/mol. The Labute approximate surface area is 89.4 Å². The number of rotatable bonds is 2. The lowest BCUT2D eigenvalue weighted by Crippen LogP contribution is -2.25. The SMILES string of the molecule is O=[C]N1C(=O)OCC1c1ccc(F)c(F)c1. The van der Waals surface area contributed by atoms with Crippen molar-refractivity contribution in [1.29, 1.82) is 0 Å². The van der Waals surface area contributed by atoms with Gasteiger partial charge in [0.05, 0.1) is 0 Å². The maximum absolute atomic E-state index is 12.9. The summed E-state index contributed by atoms with van der Waals surface area (Å²) in [5.41, 5.74) is 0.285. The molecule has 0 N–H and O–H groups in total. The van der Waals surface area contributed by atoms with Crippen LogP contribution in [-0.2, 0) is 9.53 Å². The van der Waals surface area contributed by atoms with Gasteiger partial charge in [0.2, 0.25) is 0 Å². The Balaban J connectivity index is 2.33. The molecule has 2 rings (SSSR count). The van der Waals surface area contributed by atoms with E-state index in [9.17, 15) is 18.4 Å². The molecule has 0 saturated carbocycles. The minimum atomic E-state index is -1.04. The number of carbonyl (C=O) groups is 1. The predicted molar refractivity (Wildman–Crippen MR) is 48.0 cm³/mol. The molecular formula is C10H6F2NO3. The molecule has 1 radical (unpaired) electrons. The molecule has 1 aromatic rings. The van der Waals surface area contributed by atoms with E-state index >= 15 is 0 Å². The minimum Gasteiger partial charge on any atom is -0.446 e. The Morgan fingerprint density at radius 1 is 1.38 bits per heavy atom. The molecule has 1 fully saturated rings. The van der Waals surface area contributed by atoms with Crippen molar-refractivity contribution < 1.29 is 23.1 Å². The van der Waals surface area contributed by atoms with E-state index < -0.39 is 23.8 Å². The van der Waals surface area contributed by atoms with E-state index in [0.717, 1.165) is 12.1 Å². The van der Waals surface area contributed by atoms with Crippen LogP contribution in [0.5, 0.6) is 0 Å². The highest BCUT2D eigenvalue weighted by Crippen LogP contribution is 2.27. The van der Waals surface area contributed by atoms with Crippen LogP contribution in [0.1, 0.15) is 11.6 Å². The second-order valence-electron chi connectivity index (χ2n) is 3.23. The summed E-state index contributed by atoms with van der Waals surface area (Å²) in [4.78, 5) is 22.2. The van der Waals surface area contributed by atoms with E-state index in [1.165, 1.54) is 12.5 Å². The zero-order valence-corrected chi connectivity index (χ0v) is 7.94. The molecule has 1 aromatic carbocycles. The van der Waals surface area contributed by atoms with Crippen molar-refractivity contribution in [2.45, 2.75) is 6.04 Å². The average Bonchev–Trinajstić information content (AvgIpc) is 2.63. The topological polar surface area (TPSA) is 46.6 Å². The molecule has 6 heteroatoms. The zero-order chi connectivity index (χ0) is 11.7.